The van der Waals surface area contributed by atoms with Crippen molar-refractivity contribution < 1.29 is 4.74 Å². The molecule has 3 nitrogen and oxygen atoms in total. The van der Waals surface area contributed by atoms with Crippen LogP contribution in [-0.2, 0) is 0 Å². The second-order valence-electron chi connectivity index (χ2n) is 4.65. The number of methoxy groups -OCH3 is 1. The lowest BCUT2D eigenvalue weighted by Gasteiger charge is -2.16. The van der Waals surface area contributed by atoms with E-state index < -0.39 is 0 Å². The zero-order valence-corrected chi connectivity index (χ0v) is 9.86. The SMILES string of the molecule is COc1cncc(C(N)CC2CCCC2)c1. The largest absolute Gasteiger partial charge is 0.495 e. The molecule has 1 saturated carbocycles. The van der Waals surface area contributed by atoms with Crippen molar-refractivity contribution in [2.24, 2.45) is 11.7 Å². The van der Waals surface area contributed by atoms with E-state index in [1.54, 1.807) is 13.3 Å². The van der Waals surface area contributed by atoms with Crippen LogP contribution in [0.25, 0.3) is 0 Å². The van der Waals surface area contributed by atoms with Gasteiger partial charge in [0.25, 0.3) is 0 Å². The van der Waals surface area contributed by atoms with Crippen molar-refractivity contribution in [3.8, 4) is 5.75 Å². The van der Waals surface area contributed by atoms with Gasteiger partial charge in [0.1, 0.15) is 5.75 Å². The Bertz CT molecular complexity index is 334. The zero-order chi connectivity index (χ0) is 11.4. The van der Waals surface area contributed by atoms with Crippen molar-refractivity contribution >= 4 is 0 Å². The summed E-state index contributed by atoms with van der Waals surface area (Å²) in [4.78, 5) is 4.15. The van der Waals surface area contributed by atoms with Crippen LogP contribution in [0.1, 0.15) is 43.7 Å². The Hall–Kier alpha value is -1.09. The van der Waals surface area contributed by atoms with E-state index >= 15 is 0 Å². The van der Waals surface area contributed by atoms with E-state index in [4.69, 9.17) is 10.5 Å². The third-order valence-electron chi connectivity index (χ3n) is 3.46. The summed E-state index contributed by atoms with van der Waals surface area (Å²) in [6.07, 6.45) is 10.1. The Morgan fingerprint density at radius 1 is 1.44 bits per heavy atom. The number of nitrogens with two attached hydrogens (primary N) is 1. The minimum absolute atomic E-state index is 0.102. The molecule has 0 spiro atoms. The molecule has 1 aliphatic carbocycles. The molecule has 88 valence electrons. The molecule has 16 heavy (non-hydrogen) atoms. The number of nitrogens with zero attached hydrogens (tertiary/aromatic N) is 1. The number of ether oxygens (including phenoxy) is 1. The molecule has 3 heteroatoms. The molecule has 0 amide bonds. The molecule has 2 rings (SSSR count). The quantitative estimate of drug-likeness (QED) is 0.848. The highest BCUT2D eigenvalue weighted by Gasteiger charge is 2.19. The molecule has 0 radical (unpaired) electrons. The number of aromatic nitrogens is 1. The lowest BCUT2D eigenvalue weighted by atomic mass is 9.95. The number of rotatable bonds is 4. The van der Waals surface area contributed by atoms with Crippen LogP contribution in [-0.4, -0.2) is 12.1 Å². The first-order valence-corrected chi connectivity index (χ1v) is 6.04. The first-order chi connectivity index (χ1) is 7.79. The smallest absolute Gasteiger partial charge is 0.137 e. The third kappa shape index (κ3) is 2.73. The van der Waals surface area contributed by atoms with Gasteiger partial charge in [0, 0.05) is 12.2 Å². The fourth-order valence-electron chi connectivity index (χ4n) is 2.49. The second kappa shape index (κ2) is 5.30. The van der Waals surface area contributed by atoms with Crippen LogP contribution in [0.2, 0.25) is 0 Å². The Kier molecular flexibility index (Phi) is 3.78. The van der Waals surface area contributed by atoms with Crippen molar-refractivity contribution in [3.05, 3.63) is 24.0 Å². The Morgan fingerprint density at radius 3 is 2.88 bits per heavy atom. The molecule has 1 fully saturated rings. The molecule has 1 aromatic rings. The van der Waals surface area contributed by atoms with E-state index in [0.717, 1.165) is 23.7 Å². The Balaban J connectivity index is 1.98. The first-order valence-electron chi connectivity index (χ1n) is 6.04. The number of hydrogen-bond donors (Lipinski definition) is 1. The average Bonchev–Trinajstić information content (AvgIpc) is 2.82. The molecule has 1 atom stereocenters. The molecule has 0 aromatic carbocycles. The fourth-order valence-corrected chi connectivity index (χ4v) is 2.49. The highest BCUT2D eigenvalue weighted by Crippen LogP contribution is 2.32. The fraction of sp³-hybridized carbons (Fsp3) is 0.615. The summed E-state index contributed by atoms with van der Waals surface area (Å²) in [7, 11) is 1.66. The summed E-state index contributed by atoms with van der Waals surface area (Å²) in [5, 5.41) is 0. The van der Waals surface area contributed by atoms with E-state index in [1.165, 1.54) is 25.7 Å². The maximum Gasteiger partial charge on any atom is 0.137 e. The van der Waals surface area contributed by atoms with Crippen LogP contribution in [0.4, 0.5) is 0 Å². The average molecular weight is 220 g/mol. The molecule has 0 aliphatic heterocycles. The van der Waals surface area contributed by atoms with Gasteiger partial charge in [-0.1, -0.05) is 25.7 Å². The number of pyridine rings is 1. The van der Waals surface area contributed by atoms with Gasteiger partial charge in [-0.15, -0.1) is 0 Å². The zero-order valence-electron chi connectivity index (χ0n) is 9.86. The summed E-state index contributed by atoms with van der Waals surface area (Å²) in [5.41, 5.74) is 7.29. The topological polar surface area (TPSA) is 48.1 Å². The van der Waals surface area contributed by atoms with Crippen molar-refractivity contribution in [2.45, 2.75) is 38.1 Å². The summed E-state index contributed by atoms with van der Waals surface area (Å²) < 4.78 is 5.16. The molecular weight excluding hydrogens is 200 g/mol. The monoisotopic (exact) mass is 220 g/mol. The maximum absolute atomic E-state index is 6.20. The van der Waals surface area contributed by atoms with Gasteiger partial charge in [0.2, 0.25) is 0 Å². The third-order valence-corrected chi connectivity index (χ3v) is 3.46. The van der Waals surface area contributed by atoms with Crippen LogP contribution in [0.15, 0.2) is 18.5 Å². The van der Waals surface area contributed by atoms with Gasteiger partial charge < -0.3 is 10.5 Å². The molecule has 2 N–H and O–H groups in total. The van der Waals surface area contributed by atoms with Crippen LogP contribution in [0.5, 0.6) is 5.75 Å². The predicted octanol–water partition coefficient (Wildman–Crippen LogP) is 2.67. The summed E-state index contributed by atoms with van der Waals surface area (Å²) in [6, 6.07) is 2.10. The van der Waals surface area contributed by atoms with E-state index in [1.807, 2.05) is 12.3 Å². The van der Waals surface area contributed by atoms with Crippen LogP contribution < -0.4 is 10.5 Å². The van der Waals surface area contributed by atoms with Crippen LogP contribution in [0.3, 0.4) is 0 Å². The Morgan fingerprint density at radius 2 is 2.19 bits per heavy atom. The Labute approximate surface area is 97.0 Å². The van der Waals surface area contributed by atoms with Gasteiger partial charge in [0.05, 0.1) is 13.3 Å². The van der Waals surface area contributed by atoms with Gasteiger partial charge >= 0.3 is 0 Å². The first kappa shape index (κ1) is 11.4. The van der Waals surface area contributed by atoms with Gasteiger partial charge in [-0.05, 0) is 24.0 Å². The number of hydrogen-bond acceptors (Lipinski definition) is 3. The van der Waals surface area contributed by atoms with Crippen LogP contribution in [0, 0.1) is 5.92 Å². The van der Waals surface area contributed by atoms with Crippen molar-refractivity contribution in [3.63, 3.8) is 0 Å². The molecule has 1 heterocycles. The van der Waals surface area contributed by atoms with Gasteiger partial charge in [-0.3, -0.25) is 4.98 Å². The predicted molar refractivity (Wildman–Crippen MR) is 64.3 cm³/mol. The van der Waals surface area contributed by atoms with Gasteiger partial charge in [-0.2, -0.15) is 0 Å². The highest BCUT2D eigenvalue weighted by molar-refractivity contribution is 5.25. The normalized spacial score (nSPS) is 18.6. The molecule has 1 aromatic heterocycles. The minimum atomic E-state index is 0.102. The van der Waals surface area contributed by atoms with Gasteiger partial charge in [0.15, 0.2) is 0 Å². The van der Waals surface area contributed by atoms with Crippen molar-refractivity contribution in [1.29, 1.82) is 0 Å². The van der Waals surface area contributed by atoms with Crippen LogP contribution >= 0.6 is 0 Å². The molecule has 0 saturated heterocycles. The summed E-state index contributed by atoms with van der Waals surface area (Å²) >= 11 is 0. The highest BCUT2D eigenvalue weighted by atomic mass is 16.5. The minimum Gasteiger partial charge on any atom is -0.495 e. The standard InChI is InChI=1S/C13H20N2O/c1-16-12-7-11(8-15-9-12)13(14)6-10-4-2-3-5-10/h7-10,13H,2-6,14H2,1H3. The molecular formula is C13H20N2O. The summed E-state index contributed by atoms with van der Waals surface area (Å²) in [6.45, 7) is 0. The van der Waals surface area contributed by atoms with Crippen molar-refractivity contribution in [2.75, 3.05) is 7.11 Å². The van der Waals surface area contributed by atoms with Gasteiger partial charge in [-0.25, -0.2) is 0 Å². The maximum atomic E-state index is 6.20. The lowest BCUT2D eigenvalue weighted by Crippen LogP contribution is -2.14. The molecule has 0 bridgehead atoms. The summed E-state index contributed by atoms with van der Waals surface area (Å²) in [5.74, 6) is 1.60. The lowest BCUT2D eigenvalue weighted by molar-refractivity contribution is 0.409. The van der Waals surface area contributed by atoms with E-state index in [-0.39, 0.29) is 6.04 Å². The molecule has 1 unspecified atom stereocenters. The second-order valence-corrected chi connectivity index (χ2v) is 4.65. The van der Waals surface area contributed by atoms with E-state index in [9.17, 15) is 0 Å². The van der Waals surface area contributed by atoms with Crippen molar-refractivity contribution in [1.82, 2.24) is 4.98 Å². The van der Waals surface area contributed by atoms with E-state index in [0.29, 0.717) is 0 Å². The molecule has 1 aliphatic rings. The van der Waals surface area contributed by atoms with E-state index in [2.05, 4.69) is 4.98 Å².